The molecule has 0 radical (unpaired) electrons. The van der Waals surface area contributed by atoms with E-state index in [9.17, 15) is 0 Å². The molecule has 0 amide bonds. The lowest BCUT2D eigenvalue weighted by Crippen LogP contribution is -2.05. The molecule has 1 aromatic rings. The van der Waals surface area contributed by atoms with Crippen LogP contribution >= 0.6 is 0 Å². The predicted octanol–water partition coefficient (Wildman–Crippen LogP) is 2.08. The summed E-state index contributed by atoms with van der Waals surface area (Å²) in [6.07, 6.45) is 3.48. The summed E-state index contributed by atoms with van der Waals surface area (Å²) in [6.45, 7) is 8.44. The first kappa shape index (κ1) is 11.9. The lowest BCUT2D eigenvalue weighted by atomic mass is 10.2. The number of nitrogens with zero attached hydrogens (tertiary/aromatic N) is 2. The Morgan fingerprint density at radius 1 is 1.33 bits per heavy atom. The molecule has 4 nitrogen and oxygen atoms in total. The topological polar surface area (TPSA) is 47.0 Å². The molecule has 15 heavy (non-hydrogen) atoms. The van der Waals surface area contributed by atoms with Crippen molar-refractivity contribution in [3.05, 3.63) is 18.1 Å². The predicted molar refractivity (Wildman–Crippen MR) is 60.7 cm³/mol. The van der Waals surface area contributed by atoms with Crippen molar-refractivity contribution < 1.29 is 4.74 Å². The molecular weight excluding hydrogens is 190 g/mol. The van der Waals surface area contributed by atoms with Crippen LogP contribution in [0.25, 0.3) is 0 Å². The van der Waals surface area contributed by atoms with Crippen molar-refractivity contribution in [1.29, 1.82) is 0 Å². The van der Waals surface area contributed by atoms with Crippen LogP contribution in [0.2, 0.25) is 0 Å². The van der Waals surface area contributed by atoms with E-state index in [2.05, 4.69) is 29.1 Å². The third kappa shape index (κ3) is 4.74. The molecule has 1 N–H and O–H groups in total. The van der Waals surface area contributed by atoms with Gasteiger partial charge in [0.15, 0.2) is 0 Å². The van der Waals surface area contributed by atoms with Gasteiger partial charge in [-0.3, -0.25) is 4.98 Å². The van der Waals surface area contributed by atoms with Gasteiger partial charge in [-0.2, -0.15) is 0 Å². The average molecular weight is 209 g/mol. The molecule has 84 valence electrons. The molecule has 0 spiro atoms. The SMILES string of the molecule is CCNc1cnc(COCC(C)C)cn1. The van der Waals surface area contributed by atoms with Gasteiger partial charge in [0, 0.05) is 13.2 Å². The van der Waals surface area contributed by atoms with Crippen LogP contribution < -0.4 is 5.32 Å². The van der Waals surface area contributed by atoms with Crippen LogP contribution in [0.1, 0.15) is 26.5 Å². The van der Waals surface area contributed by atoms with Gasteiger partial charge in [-0.25, -0.2) is 4.98 Å². The highest BCUT2D eigenvalue weighted by Crippen LogP contribution is 2.02. The highest BCUT2D eigenvalue weighted by molar-refractivity contribution is 5.30. The number of ether oxygens (including phenoxy) is 1. The molecule has 1 aromatic heterocycles. The number of hydrogen-bond acceptors (Lipinski definition) is 4. The lowest BCUT2D eigenvalue weighted by Gasteiger charge is -2.06. The third-order valence-electron chi connectivity index (χ3n) is 1.76. The fourth-order valence-corrected chi connectivity index (χ4v) is 1.10. The minimum atomic E-state index is 0.539. The second kappa shape index (κ2) is 6.35. The summed E-state index contributed by atoms with van der Waals surface area (Å²) < 4.78 is 5.46. The smallest absolute Gasteiger partial charge is 0.144 e. The van der Waals surface area contributed by atoms with Gasteiger partial charge in [-0.05, 0) is 12.8 Å². The molecule has 0 atom stereocenters. The van der Waals surface area contributed by atoms with Gasteiger partial charge in [0.05, 0.1) is 24.7 Å². The molecule has 0 aliphatic rings. The number of hydrogen-bond donors (Lipinski definition) is 1. The van der Waals surface area contributed by atoms with E-state index < -0.39 is 0 Å². The van der Waals surface area contributed by atoms with E-state index in [1.807, 2.05) is 6.92 Å². The van der Waals surface area contributed by atoms with Gasteiger partial charge in [0.1, 0.15) is 5.82 Å². The maximum absolute atomic E-state index is 5.46. The average Bonchev–Trinajstić information content (AvgIpc) is 2.20. The molecule has 0 saturated heterocycles. The van der Waals surface area contributed by atoms with Crippen LogP contribution in [-0.4, -0.2) is 23.1 Å². The second-order valence-corrected chi connectivity index (χ2v) is 3.83. The van der Waals surface area contributed by atoms with Gasteiger partial charge in [0.2, 0.25) is 0 Å². The summed E-state index contributed by atoms with van der Waals surface area (Å²) in [7, 11) is 0. The van der Waals surface area contributed by atoms with Crippen LogP contribution in [0.3, 0.4) is 0 Å². The van der Waals surface area contributed by atoms with Crippen molar-refractivity contribution in [2.75, 3.05) is 18.5 Å². The molecule has 0 fully saturated rings. The zero-order valence-electron chi connectivity index (χ0n) is 9.66. The molecule has 0 saturated carbocycles. The van der Waals surface area contributed by atoms with Gasteiger partial charge in [0.25, 0.3) is 0 Å². The first-order valence-electron chi connectivity index (χ1n) is 5.35. The Balaban J connectivity index is 2.36. The standard InChI is InChI=1S/C11H19N3O/c1-4-12-11-6-13-10(5-14-11)8-15-7-9(2)3/h5-6,9H,4,7-8H2,1-3H3,(H,12,14). The molecule has 0 aromatic carbocycles. The van der Waals surface area contributed by atoms with E-state index in [4.69, 9.17) is 4.74 Å². The summed E-state index contributed by atoms with van der Waals surface area (Å²) in [6, 6.07) is 0. The molecule has 4 heteroatoms. The maximum atomic E-state index is 5.46. The summed E-state index contributed by atoms with van der Waals surface area (Å²) in [5, 5.41) is 3.09. The van der Waals surface area contributed by atoms with Gasteiger partial charge in [-0.15, -0.1) is 0 Å². The molecule has 1 rings (SSSR count). The van der Waals surface area contributed by atoms with Crippen molar-refractivity contribution >= 4 is 5.82 Å². The molecule has 0 aliphatic heterocycles. The number of aromatic nitrogens is 2. The van der Waals surface area contributed by atoms with Gasteiger partial charge >= 0.3 is 0 Å². The fraction of sp³-hybridized carbons (Fsp3) is 0.636. The van der Waals surface area contributed by atoms with E-state index in [1.165, 1.54) is 0 Å². The Bertz CT molecular complexity index is 272. The Morgan fingerprint density at radius 3 is 2.67 bits per heavy atom. The number of nitrogens with one attached hydrogen (secondary N) is 1. The van der Waals surface area contributed by atoms with Crippen molar-refractivity contribution in [2.24, 2.45) is 5.92 Å². The van der Waals surface area contributed by atoms with Crippen LogP contribution in [0.4, 0.5) is 5.82 Å². The number of anilines is 1. The van der Waals surface area contributed by atoms with E-state index in [0.717, 1.165) is 24.7 Å². The highest BCUT2D eigenvalue weighted by atomic mass is 16.5. The Hall–Kier alpha value is -1.16. The fourth-order valence-electron chi connectivity index (χ4n) is 1.10. The van der Waals surface area contributed by atoms with Crippen molar-refractivity contribution in [1.82, 2.24) is 9.97 Å². The Labute approximate surface area is 91.1 Å². The first-order chi connectivity index (χ1) is 7.22. The van der Waals surface area contributed by atoms with E-state index in [0.29, 0.717) is 12.5 Å². The largest absolute Gasteiger partial charge is 0.375 e. The third-order valence-corrected chi connectivity index (χ3v) is 1.76. The molecule has 0 bridgehead atoms. The van der Waals surface area contributed by atoms with Crippen LogP contribution in [0.5, 0.6) is 0 Å². The molecule has 1 heterocycles. The number of rotatable bonds is 6. The minimum absolute atomic E-state index is 0.539. The van der Waals surface area contributed by atoms with E-state index >= 15 is 0 Å². The summed E-state index contributed by atoms with van der Waals surface area (Å²) in [5.74, 6) is 1.36. The van der Waals surface area contributed by atoms with E-state index in [-0.39, 0.29) is 0 Å². The zero-order chi connectivity index (χ0) is 11.1. The molecule has 0 unspecified atom stereocenters. The van der Waals surface area contributed by atoms with Gasteiger partial charge < -0.3 is 10.1 Å². The maximum Gasteiger partial charge on any atom is 0.144 e. The quantitative estimate of drug-likeness (QED) is 0.779. The van der Waals surface area contributed by atoms with Crippen LogP contribution in [-0.2, 0) is 11.3 Å². The summed E-state index contributed by atoms with van der Waals surface area (Å²) >= 11 is 0. The van der Waals surface area contributed by atoms with E-state index in [1.54, 1.807) is 12.4 Å². The normalized spacial score (nSPS) is 10.7. The Morgan fingerprint density at radius 2 is 2.13 bits per heavy atom. The molecular formula is C11H19N3O. The van der Waals surface area contributed by atoms with Crippen LogP contribution in [0.15, 0.2) is 12.4 Å². The Kier molecular flexibility index (Phi) is 5.04. The van der Waals surface area contributed by atoms with Crippen molar-refractivity contribution in [3.8, 4) is 0 Å². The monoisotopic (exact) mass is 209 g/mol. The van der Waals surface area contributed by atoms with Gasteiger partial charge in [-0.1, -0.05) is 13.8 Å². The molecule has 0 aliphatic carbocycles. The first-order valence-corrected chi connectivity index (χ1v) is 5.35. The summed E-state index contributed by atoms with van der Waals surface area (Å²) in [4.78, 5) is 8.46. The second-order valence-electron chi connectivity index (χ2n) is 3.83. The van der Waals surface area contributed by atoms with Crippen LogP contribution in [0, 0.1) is 5.92 Å². The van der Waals surface area contributed by atoms with Crippen molar-refractivity contribution in [2.45, 2.75) is 27.4 Å². The highest BCUT2D eigenvalue weighted by Gasteiger charge is 1.98. The summed E-state index contributed by atoms with van der Waals surface area (Å²) in [5.41, 5.74) is 0.873. The van der Waals surface area contributed by atoms with Crippen molar-refractivity contribution in [3.63, 3.8) is 0 Å². The minimum Gasteiger partial charge on any atom is -0.375 e. The zero-order valence-corrected chi connectivity index (χ0v) is 9.66. The lowest BCUT2D eigenvalue weighted by molar-refractivity contribution is 0.0946.